The van der Waals surface area contributed by atoms with E-state index in [0.717, 1.165) is 5.56 Å². The highest BCUT2D eigenvalue weighted by atomic mass is 32.1. The summed E-state index contributed by atoms with van der Waals surface area (Å²) >= 11 is 1.18. The fourth-order valence-electron chi connectivity index (χ4n) is 2.72. The Labute approximate surface area is 188 Å². The van der Waals surface area contributed by atoms with Gasteiger partial charge in [0, 0.05) is 6.07 Å². The first-order valence-corrected chi connectivity index (χ1v) is 10.7. The van der Waals surface area contributed by atoms with Gasteiger partial charge in [-0.25, -0.2) is 9.59 Å². The predicted molar refractivity (Wildman–Crippen MR) is 117 cm³/mol. The number of thiophene rings is 1. The minimum atomic E-state index is -0.879. The molecule has 0 bridgehead atoms. The molecule has 1 amide bonds. The Balaban J connectivity index is 1.94. The van der Waals surface area contributed by atoms with Gasteiger partial charge in [-0.1, -0.05) is 26.0 Å². The second-order valence-corrected chi connectivity index (χ2v) is 7.89. The number of amides is 1. The lowest BCUT2D eigenvalue weighted by Crippen LogP contribution is -2.24. The maximum atomic E-state index is 12.4. The molecule has 2 aromatic rings. The SMILES string of the molecule is CCOC(=O)c1c(CC(C)C)csc1NC(=O)COC(=O)COc1ccccc1[N+](=O)[O-]. The maximum Gasteiger partial charge on any atom is 0.344 e. The number of rotatable bonds is 11. The third-order valence-corrected chi connectivity index (χ3v) is 4.94. The molecule has 0 radical (unpaired) electrons. The van der Waals surface area contributed by atoms with Gasteiger partial charge < -0.3 is 19.5 Å². The lowest BCUT2D eigenvalue weighted by Gasteiger charge is -2.10. The number of hydrogen-bond acceptors (Lipinski definition) is 9. The van der Waals surface area contributed by atoms with E-state index in [0.29, 0.717) is 22.9 Å². The number of esters is 2. The summed E-state index contributed by atoms with van der Waals surface area (Å²) in [5, 5.41) is 15.6. The van der Waals surface area contributed by atoms with Crippen LogP contribution in [0.4, 0.5) is 10.7 Å². The number of ether oxygens (including phenoxy) is 3. The molecular weight excluding hydrogens is 440 g/mol. The lowest BCUT2D eigenvalue weighted by atomic mass is 10.0. The largest absolute Gasteiger partial charge is 0.475 e. The molecule has 1 aromatic heterocycles. The van der Waals surface area contributed by atoms with Gasteiger partial charge in [-0.05, 0) is 36.3 Å². The Bertz CT molecular complexity index is 986. The van der Waals surface area contributed by atoms with Gasteiger partial charge in [0.05, 0.1) is 17.1 Å². The summed E-state index contributed by atoms with van der Waals surface area (Å²) in [6, 6.07) is 5.58. The molecule has 0 unspecified atom stereocenters. The molecule has 0 aliphatic heterocycles. The van der Waals surface area contributed by atoms with E-state index >= 15 is 0 Å². The van der Waals surface area contributed by atoms with Crippen LogP contribution in [0.25, 0.3) is 0 Å². The number of nitrogens with zero attached hydrogens (tertiary/aromatic N) is 1. The fourth-order valence-corrected chi connectivity index (χ4v) is 3.70. The third-order valence-electron chi connectivity index (χ3n) is 4.00. The Morgan fingerprint density at radius 2 is 1.88 bits per heavy atom. The Morgan fingerprint density at radius 1 is 1.16 bits per heavy atom. The summed E-state index contributed by atoms with van der Waals surface area (Å²) in [6.45, 7) is 4.69. The van der Waals surface area contributed by atoms with E-state index < -0.39 is 36.0 Å². The first kappa shape index (κ1) is 24.8. The van der Waals surface area contributed by atoms with Crippen LogP contribution in [0, 0.1) is 16.0 Å². The van der Waals surface area contributed by atoms with Crippen LogP contribution in [0.15, 0.2) is 29.6 Å². The minimum Gasteiger partial charge on any atom is -0.475 e. The minimum absolute atomic E-state index is 0.0887. The summed E-state index contributed by atoms with van der Waals surface area (Å²) < 4.78 is 15.1. The second kappa shape index (κ2) is 11.8. The van der Waals surface area contributed by atoms with Gasteiger partial charge >= 0.3 is 17.6 Å². The monoisotopic (exact) mass is 464 g/mol. The van der Waals surface area contributed by atoms with E-state index in [4.69, 9.17) is 14.2 Å². The van der Waals surface area contributed by atoms with Gasteiger partial charge in [0.15, 0.2) is 19.0 Å². The van der Waals surface area contributed by atoms with Gasteiger partial charge in [0.1, 0.15) is 5.00 Å². The zero-order chi connectivity index (χ0) is 23.7. The van der Waals surface area contributed by atoms with Crippen LogP contribution < -0.4 is 10.1 Å². The molecule has 0 saturated carbocycles. The summed E-state index contributed by atoms with van der Waals surface area (Å²) in [4.78, 5) is 46.8. The van der Waals surface area contributed by atoms with Crippen molar-refractivity contribution in [2.24, 2.45) is 5.92 Å². The first-order valence-electron chi connectivity index (χ1n) is 9.82. The van der Waals surface area contributed by atoms with Crippen molar-refractivity contribution in [3.8, 4) is 5.75 Å². The topological polar surface area (TPSA) is 134 Å². The van der Waals surface area contributed by atoms with Crippen molar-refractivity contribution in [1.82, 2.24) is 0 Å². The number of benzene rings is 1. The van der Waals surface area contributed by atoms with E-state index in [2.05, 4.69) is 5.32 Å². The lowest BCUT2D eigenvalue weighted by molar-refractivity contribution is -0.385. The van der Waals surface area contributed by atoms with Gasteiger partial charge in [-0.2, -0.15) is 0 Å². The van der Waals surface area contributed by atoms with E-state index in [-0.39, 0.29) is 18.0 Å². The first-order chi connectivity index (χ1) is 15.2. The van der Waals surface area contributed by atoms with Crippen molar-refractivity contribution in [3.63, 3.8) is 0 Å². The van der Waals surface area contributed by atoms with Crippen LogP contribution in [-0.4, -0.2) is 42.6 Å². The number of carbonyl (C=O) groups is 3. The molecule has 0 fully saturated rings. The molecule has 11 heteroatoms. The quantitative estimate of drug-likeness (QED) is 0.303. The molecule has 10 nitrogen and oxygen atoms in total. The van der Waals surface area contributed by atoms with E-state index in [1.807, 2.05) is 13.8 Å². The highest BCUT2D eigenvalue weighted by molar-refractivity contribution is 7.15. The fraction of sp³-hybridized carbons (Fsp3) is 0.381. The number of para-hydroxylation sites is 2. The van der Waals surface area contributed by atoms with Crippen molar-refractivity contribution in [1.29, 1.82) is 0 Å². The van der Waals surface area contributed by atoms with Crippen molar-refractivity contribution in [2.45, 2.75) is 27.2 Å². The van der Waals surface area contributed by atoms with Gasteiger partial charge in [0.2, 0.25) is 0 Å². The molecule has 0 atom stereocenters. The van der Waals surface area contributed by atoms with Gasteiger partial charge in [-0.15, -0.1) is 11.3 Å². The van der Waals surface area contributed by atoms with Gasteiger partial charge in [-0.3, -0.25) is 14.9 Å². The van der Waals surface area contributed by atoms with Crippen molar-refractivity contribution >= 4 is 39.9 Å². The van der Waals surface area contributed by atoms with Crippen molar-refractivity contribution in [2.75, 3.05) is 25.1 Å². The van der Waals surface area contributed by atoms with Crippen LogP contribution in [0.1, 0.15) is 36.7 Å². The number of nitrogens with one attached hydrogen (secondary N) is 1. The van der Waals surface area contributed by atoms with Crippen LogP contribution >= 0.6 is 11.3 Å². The highest BCUT2D eigenvalue weighted by Crippen LogP contribution is 2.31. The van der Waals surface area contributed by atoms with E-state index in [1.165, 1.54) is 35.6 Å². The number of anilines is 1. The Hall–Kier alpha value is -3.47. The van der Waals surface area contributed by atoms with Crippen LogP contribution in [0.2, 0.25) is 0 Å². The molecule has 32 heavy (non-hydrogen) atoms. The number of hydrogen-bond donors (Lipinski definition) is 1. The zero-order valence-corrected chi connectivity index (χ0v) is 18.7. The number of carbonyl (C=O) groups excluding carboxylic acids is 3. The molecular formula is C21H24N2O8S. The van der Waals surface area contributed by atoms with Crippen molar-refractivity contribution in [3.05, 3.63) is 50.9 Å². The highest BCUT2D eigenvalue weighted by Gasteiger charge is 2.23. The predicted octanol–water partition coefficient (Wildman–Crippen LogP) is 3.59. The Morgan fingerprint density at radius 3 is 2.53 bits per heavy atom. The van der Waals surface area contributed by atoms with Crippen molar-refractivity contribution < 1.29 is 33.5 Å². The zero-order valence-electron chi connectivity index (χ0n) is 17.9. The summed E-state index contributed by atoms with van der Waals surface area (Å²) in [5.74, 6) is -1.85. The summed E-state index contributed by atoms with van der Waals surface area (Å²) in [7, 11) is 0. The number of nitro groups is 1. The van der Waals surface area contributed by atoms with Crippen LogP contribution in [0.5, 0.6) is 5.75 Å². The molecule has 0 aliphatic carbocycles. The molecule has 0 spiro atoms. The normalized spacial score (nSPS) is 10.5. The summed E-state index contributed by atoms with van der Waals surface area (Å²) in [5.41, 5.74) is 0.776. The molecule has 1 N–H and O–H groups in total. The molecule has 0 saturated heterocycles. The van der Waals surface area contributed by atoms with Gasteiger partial charge in [0.25, 0.3) is 5.91 Å². The smallest absolute Gasteiger partial charge is 0.344 e. The molecule has 172 valence electrons. The third kappa shape index (κ3) is 7.05. The standard InChI is InChI=1S/C21H24N2O8S/c1-4-29-21(26)19-14(9-13(2)3)12-32-20(19)22-17(24)10-31-18(25)11-30-16-8-6-5-7-15(16)23(27)28/h5-8,12-13H,4,9-11H2,1-3H3,(H,22,24). The molecule has 0 aliphatic rings. The van der Waals surface area contributed by atoms with Crippen LogP contribution in [-0.2, 0) is 25.5 Å². The van der Waals surface area contributed by atoms with E-state index in [9.17, 15) is 24.5 Å². The molecule has 1 heterocycles. The van der Waals surface area contributed by atoms with Crippen LogP contribution in [0.3, 0.4) is 0 Å². The molecule has 2 rings (SSSR count). The number of nitro benzene ring substituents is 1. The average Bonchev–Trinajstić information content (AvgIpc) is 3.12. The molecule has 1 aromatic carbocycles. The Kier molecular flexibility index (Phi) is 9.14. The summed E-state index contributed by atoms with van der Waals surface area (Å²) in [6.07, 6.45) is 0.637. The maximum absolute atomic E-state index is 12.4. The van der Waals surface area contributed by atoms with E-state index in [1.54, 1.807) is 12.3 Å². The second-order valence-electron chi connectivity index (χ2n) is 7.01. The average molecular weight is 464 g/mol.